The Kier molecular flexibility index (Phi) is 2.08. The molecule has 74 valence electrons. The molecule has 2 aliphatic rings. The number of carbonyl (C=O) groups is 1. The number of fused-ring (bicyclic) bond motifs is 1. The van der Waals surface area contributed by atoms with Gasteiger partial charge in [0, 0.05) is 11.2 Å². The third-order valence-corrected chi connectivity index (χ3v) is 4.71. The molecule has 3 atom stereocenters. The largest absolute Gasteiger partial charge is 0.389 e. The first-order valence-corrected chi connectivity index (χ1v) is 5.79. The van der Waals surface area contributed by atoms with Crippen molar-refractivity contribution in [3.63, 3.8) is 0 Å². The molecular formula is C10H15BrO2. The Labute approximate surface area is 86.8 Å². The topological polar surface area (TPSA) is 37.3 Å². The zero-order valence-electron chi connectivity index (χ0n) is 7.85. The van der Waals surface area contributed by atoms with Crippen LogP contribution in [0.5, 0.6) is 0 Å². The molecule has 0 aromatic carbocycles. The molecule has 2 fully saturated rings. The normalized spacial score (nSPS) is 50.7. The van der Waals surface area contributed by atoms with E-state index in [4.69, 9.17) is 0 Å². The van der Waals surface area contributed by atoms with Crippen LogP contribution in [0.2, 0.25) is 0 Å². The molecule has 2 nitrogen and oxygen atoms in total. The van der Waals surface area contributed by atoms with Gasteiger partial charge in [-0.25, -0.2) is 0 Å². The van der Waals surface area contributed by atoms with E-state index in [1.165, 1.54) is 0 Å². The molecule has 2 aliphatic carbocycles. The van der Waals surface area contributed by atoms with Crippen LogP contribution < -0.4 is 0 Å². The van der Waals surface area contributed by atoms with Gasteiger partial charge in [0.05, 0.1) is 11.0 Å². The third kappa shape index (κ3) is 1.20. The first-order chi connectivity index (χ1) is 5.98. The van der Waals surface area contributed by atoms with Gasteiger partial charge in [-0.3, -0.25) is 4.79 Å². The van der Waals surface area contributed by atoms with E-state index in [0.29, 0.717) is 17.7 Å². The molecule has 1 N–H and O–H groups in total. The molecule has 13 heavy (non-hydrogen) atoms. The van der Waals surface area contributed by atoms with Crippen LogP contribution in [0.3, 0.4) is 0 Å². The summed E-state index contributed by atoms with van der Waals surface area (Å²) in [5, 5.41) is 10.4. The fourth-order valence-electron chi connectivity index (χ4n) is 2.74. The number of rotatable bonds is 0. The second-order valence-corrected chi connectivity index (χ2v) is 5.92. The number of hydrogen-bond donors (Lipinski definition) is 1. The lowest BCUT2D eigenvalue weighted by atomic mass is 9.66. The maximum Gasteiger partial charge on any atom is 0.141 e. The highest BCUT2D eigenvalue weighted by molar-refractivity contribution is 9.09. The Bertz CT molecular complexity index is 253. The van der Waals surface area contributed by atoms with Crippen molar-refractivity contribution in [2.75, 3.05) is 0 Å². The number of ketones is 1. The number of halogens is 1. The second kappa shape index (κ2) is 2.80. The van der Waals surface area contributed by atoms with Gasteiger partial charge in [-0.05, 0) is 32.6 Å². The average Bonchev–Trinajstić information content (AvgIpc) is 2.28. The number of hydrogen-bond acceptors (Lipinski definition) is 2. The quantitative estimate of drug-likeness (QED) is 0.665. The lowest BCUT2D eigenvalue weighted by molar-refractivity contribution is -0.139. The summed E-state index contributed by atoms with van der Waals surface area (Å²) in [6.07, 6.45) is 3.79. The predicted octanol–water partition coefficient (Wildman–Crippen LogP) is 2.03. The van der Waals surface area contributed by atoms with E-state index in [2.05, 4.69) is 15.9 Å². The molecule has 0 bridgehead atoms. The number of alkyl halides is 1. The molecule has 0 aliphatic heterocycles. The summed E-state index contributed by atoms with van der Waals surface area (Å²) in [7, 11) is 0. The Morgan fingerprint density at radius 3 is 2.92 bits per heavy atom. The van der Waals surface area contributed by atoms with Crippen molar-refractivity contribution in [3.05, 3.63) is 0 Å². The Hall–Kier alpha value is 0.110. The van der Waals surface area contributed by atoms with E-state index in [1.54, 1.807) is 0 Å². The standard InChI is InChI=1S/C10H15BrO2/c1-9-4-2-7(11)6-10(9,13)5-3-8(9)12/h7,13H,2-6H2,1H3/t7-,9-,10+/m1/s1. The van der Waals surface area contributed by atoms with Crippen molar-refractivity contribution >= 4 is 21.7 Å². The minimum atomic E-state index is -0.726. The van der Waals surface area contributed by atoms with E-state index >= 15 is 0 Å². The van der Waals surface area contributed by atoms with Crippen molar-refractivity contribution in [1.82, 2.24) is 0 Å². The van der Waals surface area contributed by atoms with E-state index < -0.39 is 11.0 Å². The molecule has 0 radical (unpaired) electrons. The fourth-order valence-corrected chi connectivity index (χ4v) is 3.51. The first-order valence-electron chi connectivity index (χ1n) is 4.88. The van der Waals surface area contributed by atoms with Gasteiger partial charge in [0.2, 0.25) is 0 Å². The highest BCUT2D eigenvalue weighted by atomic mass is 79.9. The van der Waals surface area contributed by atoms with Gasteiger partial charge >= 0.3 is 0 Å². The van der Waals surface area contributed by atoms with Crippen molar-refractivity contribution < 1.29 is 9.90 Å². The third-order valence-electron chi connectivity index (χ3n) is 3.92. The highest BCUT2D eigenvalue weighted by Gasteiger charge is 2.58. The number of Topliss-reactive ketones (excluding diaryl/α,β-unsaturated/α-hetero) is 1. The highest BCUT2D eigenvalue weighted by Crippen LogP contribution is 2.53. The molecule has 0 spiro atoms. The molecule has 0 aromatic heterocycles. The van der Waals surface area contributed by atoms with Gasteiger partial charge < -0.3 is 5.11 Å². The van der Waals surface area contributed by atoms with Gasteiger partial charge in [0.1, 0.15) is 5.78 Å². The van der Waals surface area contributed by atoms with Crippen molar-refractivity contribution in [2.45, 2.75) is 49.5 Å². The van der Waals surface area contributed by atoms with Crippen LogP contribution in [0.1, 0.15) is 39.0 Å². The summed E-state index contributed by atoms with van der Waals surface area (Å²) in [4.78, 5) is 12.1. The van der Waals surface area contributed by atoms with Crippen LogP contribution in [0, 0.1) is 5.41 Å². The molecular weight excluding hydrogens is 232 g/mol. The molecule has 3 heteroatoms. The van der Waals surface area contributed by atoms with Gasteiger partial charge in [0.25, 0.3) is 0 Å². The zero-order valence-corrected chi connectivity index (χ0v) is 9.43. The minimum absolute atomic E-state index is 0.259. The Morgan fingerprint density at radius 2 is 2.23 bits per heavy atom. The van der Waals surface area contributed by atoms with E-state index in [-0.39, 0.29) is 5.78 Å². The van der Waals surface area contributed by atoms with E-state index in [9.17, 15) is 9.90 Å². The summed E-state index contributed by atoms with van der Waals surface area (Å²) in [6, 6.07) is 0. The number of aliphatic hydroxyl groups is 1. The van der Waals surface area contributed by atoms with E-state index in [0.717, 1.165) is 19.3 Å². The summed E-state index contributed by atoms with van der Waals surface area (Å²) in [5.41, 5.74) is -1.17. The van der Waals surface area contributed by atoms with Gasteiger partial charge in [-0.1, -0.05) is 15.9 Å². The lowest BCUT2D eigenvalue weighted by Gasteiger charge is -2.44. The zero-order chi connectivity index (χ0) is 9.69. The minimum Gasteiger partial charge on any atom is -0.389 e. The molecule has 0 heterocycles. The van der Waals surface area contributed by atoms with Gasteiger partial charge in [-0.2, -0.15) is 0 Å². The summed E-state index contributed by atoms with van der Waals surface area (Å²) >= 11 is 3.53. The summed E-state index contributed by atoms with van der Waals surface area (Å²) < 4.78 is 0. The smallest absolute Gasteiger partial charge is 0.141 e. The maximum atomic E-state index is 11.7. The SMILES string of the molecule is C[C@]12CC[C@@H](Br)C[C@@]1(O)CCC2=O. The summed E-state index contributed by atoms with van der Waals surface area (Å²) in [5.74, 6) is 0.259. The molecule has 2 rings (SSSR count). The molecule has 0 saturated heterocycles. The van der Waals surface area contributed by atoms with Crippen molar-refractivity contribution in [2.24, 2.45) is 5.41 Å². The van der Waals surface area contributed by atoms with Crippen LogP contribution >= 0.6 is 15.9 Å². The van der Waals surface area contributed by atoms with Crippen LogP contribution in [0.15, 0.2) is 0 Å². The molecule has 0 unspecified atom stereocenters. The predicted molar refractivity (Wildman–Crippen MR) is 53.9 cm³/mol. The van der Waals surface area contributed by atoms with Gasteiger partial charge in [0.15, 0.2) is 0 Å². The second-order valence-electron chi connectivity index (χ2n) is 4.63. The number of carbonyl (C=O) groups excluding carboxylic acids is 1. The Morgan fingerprint density at radius 1 is 1.54 bits per heavy atom. The Balaban J connectivity index is 2.32. The van der Waals surface area contributed by atoms with Crippen LogP contribution in [-0.4, -0.2) is 21.3 Å². The molecule has 2 saturated carbocycles. The van der Waals surface area contributed by atoms with Crippen LogP contribution in [0.25, 0.3) is 0 Å². The van der Waals surface area contributed by atoms with Crippen LogP contribution in [-0.2, 0) is 4.79 Å². The van der Waals surface area contributed by atoms with Crippen LogP contribution in [0.4, 0.5) is 0 Å². The first kappa shape index (κ1) is 9.66. The van der Waals surface area contributed by atoms with Gasteiger partial charge in [-0.15, -0.1) is 0 Å². The van der Waals surface area contributed by atoms with Crippen molar-refractivity contribution in [1.29, 1.82) is 0 Å². The monoisotopic (exact) mass is 246 g/mol. The molecule has 0 amide bonds. The average molecular weight is 247 g/mol. The van der Waals surface area contributed by atoms with Crippen molar-refractivity contribution in [3.8, 4) is 0 Å². The fraction of sp³-hybridized carbons (Fsp3) is 0.900. The summed E-state index contributed by atoms with van der Waals surface area (Å²) in [6.45, 7) is 1.93. The maximum absolute atomic E-state index is 11.7. The van der Waals surface area contributed by atoms with E-state index in [1.807, 2.05) is 6.92 Å². The lowest BCUT2D eigenvalue weighted by Crippen LogP contribution is -2.50. The molecule has 0 aromatic rings.